The molecule has 2 aromatic heterocycles. The number of hydrogen-bond donors (Lipinski definition) is 1. The molecule has 74 valence electrons. The molecule has 1 atom stereocenters. The minimum Gasteiger partial charge on any atom is -0.453 e. The van der Waals surface area contributed by atoms with Crippen molar-refractivity contribution in [3.05, 3.63) is 34.2 Å². The average molecular weight is 231 g/mol. The molecule has 0 aliphatic rings. The van der Waals surface area contributed by atoms with Crippen molar-refractivity contribution in [3.63, 3.8) is 0 Å². The quantitative estimate of drug-likeness (QED) is 0.877. The Morgan fingerprint density at radius 3 is 3.07 bits per heavy atom. The first-order valence-corrected chi connectivity index (χ1v) is 5.15. The number of hydrogen-bond acceptors (Lipinski definition) is 5. The Balaban J connectivity index is 2.10. The van der Waals surface area contributed by atoms with E-state index in [9.17, 15) is 5.11 Å². The number of rotatable bonds is 3. The van der Waals surface area contributed by atoms with E-state index in [-0.39, 0.29) is 5.22 Å². The van der Waals surface area contributed by atoms with E-state index in [0.717, 1.165) is 5.69 Å². The zero-order chi connectivity index (χ0) is 9.97. The van der Waals surface area contributed by atoms with Crippen molar-refractivity contribution in [3.8, 4) is 0 Å². The summed E-state index contributed by atoms with van der Waals surface area (Å²) in [6.45, 7) is 0. The van der Waals surface area contributed by atoms with Gasteiger partial charge in [0.2, 0.25) is 0 Å². The fraction of sp³-hybridized carbons (Fsp3) is 0.250. The molecule has 0 aromatic carbocycles. The van der Waals surface area contributed by atoms with Crippen LogP contribution in [0.4, 0.5) is 0 Å². The van der Waals surface area contributed by atoms with Crippen LogP contribution in [0.15, 0.2) is 22.1 Å². The number of nitrogens with zero attached hydrogens (tertiary/aromatic N) is 2. The van der Waals surface area contributed by atoms with E-state index in [1.165, 1.54) is 17.8 Å². The molecule has 2 rings (SSSR count). The molecule has 0 radical (unpaired) electrons. The average Bonchev–Trinajstić information content (AvgIpc) is 2.75. The van der Waals surface area contributed by atoms with E-state index in [1.807, 2.05) is 0 Å². The first-order valence-electron chi connectivity index (χ1n) is 3.94. The van der Waals surface area contributed by atoms with Gasteiger partial charge in [0.1, 0.15) is 0 Å². The summed E-state index contributed by atoms with van der Waals surface area (Å²) >= 11 is 6.97. The molecule has 0 saturated heterocycles. The molecule has 4 nitrogen and oxygen atoms in total. The summed E-state index contributed by atoms with van der Waals surface area (Å²) in [6, 6.07) is 1.65. The smallest absolute Gasteiger partial charge is 0.198 e. The third-order valence-electron chi connectivity index (χ3n) is 1.81. The summed E-state index contributed by atoms with van der Waals surface area (Å²) in [6.07, 6.45) is 1.15. The van der Waals surface area contributed by atoms with E-state index in [0.29, 0.717) is 12.0 Å². The normalized spacial score (nSPS) is 13.0. The summed E-state index contributed by atoms with van der Waals surface area (Å²) in [4.78, 5) is 0. The number of furan rings is 1. The maximum atomic E-state index is 9.75. The summed E-state index contributed by atoms with van der Waals surface area (Å²) in [5, 5.41) is 15.6. The van der Waals surface area contributed by atoms with Crippen molar-refractivity contribution in [2.75, 3.05) is 0 Å². The molecule has 2 heterocycles. The van der Waals surface area contributed by atoms with Crippen LogP contribution in [0.25, 0.3) is 0 Å². The van der Waals surface area contributed by atoms with Crippen LogP contribution in [0, 0.1) is 0 Å². The second-order valence-corrected chi connectivity index (χ2v) is 3.72. The Labute approximate surface area is 89.3 Å². The monoisotopic (exact) mass is 230 g/mol. The maximum Gasteiger partial charge on any atom is 0.198 e. The predicted molar refractivity (Wildman–Crippen MR) is 52.3 cm³/mol. The second-order valence-electron chi connectivity index (χ2n) is 2.77. The van der Waals surface area contributed by atoms with Crippen LogP contribution < -0.4 is 0 Å². The van der Waals surface area contributed by atoms with Crippen LogP contribution in [0.2, 0.25) is 5.22 Å². The van der Waals surface area contributed by atoms with Crippen molar-refractivity contribution < 1.29 is 9.52 Å². The molecule has 0 aliphatic heterocycles. The molecule has 14 heavy (non-hydrogen) atoms. The highest BCUT2D eigenvalue weighted by Crippen LogP contribution is 2.26. The van der Waals surface area contributed by atoms with E-state index < -0.39 is 6.10 Å². The highest BCUT2D eigenvalue weighted by molar-refractivity contribution is 7.03. The van der Waals surface area contributed by atoms with Crippen LogP contribution in [-0.4, -0.2) is 14.7 Å². The SMILES string of the molecule is OC(Cc1csnn1)c1ccoc1Cl. The van der Waals surface area contributed by atoms with Gasteiger partial charge in [-0.1, -0.05) is 4.49 Å². The Kier molecular flexibility index (Phi) is 2.81. The van der Waals surface area contributed by atoms with Crippen LogP contribution in [0.3, 0.4) is 0 Å². The van der Waals surface area contributed by atoms with Crippen LogP contribution in [-0.2, 0) is 6.42 Å². The maximum absolute atomic E-state index is 9.75. The van der Waals surface area contributed by atoms with Gasteiger partial charge in [0.25, 0.3) is 0 Å². The van der Waals surface area contributed by atoms with E-state index in [2.05, 4.69) is 9.59 Å². The zero-order valence-corrected chi connectivity index (χ0v) is 8.63. The molecule has 0 aliphatic carbocycles. The van der Waals surface area contributed by atoms with Gasteiger partial charge >= 0.3 is 0 Å². The van der Waals surface area contributed by atoms with Crippen LogP contribution in [0.5, 0.6) is 0 Å². The molecule has 0 spiro atoms. The van der Waals surface area contributed by atoms with Gasteiger partial charge < -0.3 is 9.52 Å². The molecule has 0 amide bonds. The fourth-order valence-corrected chi connectivity index (χ4v) is 1.83. The highest BCUT2D eigenvalue weighted by atomic mass is 35.5. The lowest BCUT2D eigenvalue weighted by atomic mass is 10.1. The first kappa shape index (κ1) is 9.64. The van der Waals surface area contributed by atoms with Crippen molar-refractivity contribution in [1.82, 2.24) is 9.59 Å². The van der Waals surface area contributed by atoms with Gasteiger partial charge in [-0.25, -0.2) is 0 Å². The minimum absolute atomic E-state index is 0.223. The second kappa shape index (κ2) is 4.08. The fourth-order valence-electron chi connectivity index (χ4n) is 1.12. The molecule has 6 heteroatoms. The topological polar surface area (TPSA) is 59.2 Å². The lowest BCUT2D eigenvalue weighted by Gasteiger charge is -2.05. The van der Waals surface area contributed by atoms with Gasteiger partial charge in [-0.05, 0) is 29.2 Å². The van der Waals surface area contributed by atoms with Crippen molar-refractivity contribution in [1.29, 1.82) is 0 Å². The number of aliphatic hydroxyl groups excluding tert-OH is 1. The van der Waals surface area contributed by atoms with Crippen LogP contribution >= 0.6 is 23.1 Å². The molecular weight excluding hydrogens is 224 g/mol. The lowest BCUT2D eigenvalue weighted by Crippen LogP contribution is -2.01. The van der Waals surface area contributed by atoms with Gasteiger partial charge in [0, 0.05) is 17.4 Å². The predicted octanol–water partition coefficient (Wildman–Crippen LogP) is 2.06. The Bertz CT molecular complexity index is 401. The van der Waals surface area contributed by atoms with Gasteiger partial charge in [-0.15, -0.1) is 5.10 Å². The molecule has 0 fully saturated rings. The third-order valence-corrected chi connectivity index (χ3v) is 2.67. The molecule has 1 unspecified atom stereocenters. The van der Waals surface area contributed by atoms with Crippen molar-refractivity contribution in [2.45, 2.75) is 12.5 Å². The zero-order valence-electron chi connectivity index (χ0n) is 7.05. The summed E-state index contributed by atoms with van der Waals surface area (Å²) < 4.78 is 8.58. The van der Waals surface area contributed by atoms with Gasteiger partial charge in [-0.2, -0.15) is 0 Å². The molecule has 1 N–H and O–H groups in total. The van der Waals surface area contributed by atoms with E-state index in [4.69, 9.17) is 16.0 Å². The Morgan fingerprint density at radius 1 is 1.64 bits per heavy atom. The minimum atomic E-state index is -0.690. The highest BCUT2D eigenvalue weighted by Gasteiger charge is 2.15. The Morgan fingerprint density at radius 2 is 2.50 bits per heavy atom. The summed E-state index contributed by atoms with van der Waals surface area (Å²) in [5.74, 6) is 0. The van der Waals surface area contributed by atoms with Gasteiger partial charge in [0.15, 0.2) is 5.22 Å². The lowest BCUT2D eigenvalue weighted by molar-refractivity contribution is 0.176. The first-order chi connectivity index (χ1) is 6.77. The van der Waals surface area contributed by atoms with E-state index in [1.54, 1.807) is 11.4 Å². The van der Waals surface area contributed by atoms with Crippen LogP contribution in [0.1, 0.15) is 17.4 Å². The van der Waals surface area contributed by atoms with Gasteiger partial charge in [-0.3, -0.25) is 0 Å². The van der Waals surface area contributed by atoms with Crippen molar-refractivity contribution >= 4 is 23.1 Å². The van der Waals surface area contributed by atoms with Crippen molar-refractivity contribution in [2.24, 2.45) is 0 Å². The molecule has 0 bridgehead atoms. The number of aromatic nitrogens is 2. The number of halogens is 1. The third kappa shape index (κ3) is 1.95. The van der Waals surface area contributed by atoms with E-state index >= 15 is 0 Å². The summed E-state index contributed by atoms with van der Waals surface area (Å²) in [7, 11) is 0. The molecule has 2 aromatic rings. The number of aliphatic hydroxyl groups is 1. The molecular formula is C8H7ClN2O2S. The summed E-state index contributed by atoms with van der Waals surface area (Å²) in [5.41, 5.74) is 1.33. The Hall–Kier alpha value is -0.910. The van der Waals surface area contributed by atoms with Gasteiger partial charge in [0.05, 0.1) is 18.1 Å². The largest absolute Gasteiger partial charge is 0.453 e. The molecule has 0 saturated carbocycles. The standard InChI is InChI=1S/C8H7ClN2O2S/c9-8-6(1-2-13-8)7(12)3-5-4-14-11-10-5/h1-2,4,7,12H,3H2.